The maximum atomic E-state index is 13.0. The number of nitrogens with zero attached hydrogens (tertiary/aromatic N) is 4. The van der Waals surface area contributed by atoms with E-state index < -0.39 is 0 Å². The highest BCUT2D eigenvalue weighted by Crippen LogP contribution is 2.30. The molecule has 0 fully saturated rings. The van der Waals surface area contributed by atoms with Crippen molar-refractivity contribution in [2.45, 2.75) is 19.3 Å². The third-order valence-corrected chi connectivity index (χ3v) is 4.82. The van der Waals surface area contributed by atoms with Gasteiger partial charge in [-0.25, -0.2) is 19.9 Å². The molecule has 3 aromatic rings. The zero-order valence-electron chi connectivity index (χ0n) is 18.0. The topological polar surface area (TPSA) is 134 Å². The molecule has 33 heavy (non-hydrogen) atoms. The second-order valence-corrected chi connectivity index (χ2v) is 7.26. The quantitative estimate of drug-likeness (QED) is 0.203. The lowest BCUT2D eigenvalue weighted by molar-refractivity contribution is -0.118. The van der Waals surface area contributed by atoms with E-state index in [1.807, 2.05) is 6.07 Å². The summed E-state index contributed by atoms with van der Waals surface area (Å²) in [6.07, 6.45) is 9.00. The molecule has 0 aliphatic rings. The second-order valence-electron chi connectivity index (χ2n) is 6.95. The Morgan fingerprint density at radius 3 is 2.00 bits per heavy atom. The Bertz CT molecular complexity index is 1040. The number of anilines is 4. The SMILES string of the molecule is O=C(CS)NCCCCCNC(=O)c1cccc(Nc2ncccn2)c1Nc1ncccn1. The Kier molecular flexibility index (Phi) is 9.40. The number of unbranched alkanes of at least 4 members (excludes halogenated alkanes) is 2. The van der Waals surface area contributed by atoms with Gasteiger partial charge in [-0.05, 0) is 43.5 Å². The van der Waals surface area contributed by atoms with Crippen LogP contribution in [0.1, 0.15) is 29.6 Å². The van der Waals surface area contributed by atoms with Crippen LogP contribution in [0.15, 0.2) is 55.1 Å². The molecule has 10 nitrogen and oxygen atoms in total. The number of carbonyl (C=O) groups is 2. The minimum absolute atomic E-state index is 0.0801. The van der Waals surface area contributed by atoms with Gasteiger partial charge in [0, 0.05) is 37.9 Å². The number of hydrogen-bond donors (Lipinski definition) is 5. The summed E-state index contributed by atoms with van der Waals surface area (Å²) in [6, 6.07) is 8.76. The van der Waals surface area contributed by atoms with Crippen molar-refractivity contribution in [1.82, 2.24) is 30.6 Å². The van der Waals surface area contributed by atoms with Crippen molar-refractivity contribution in [2.75, 3.05) is 29.5 Å². The Morgan fingerprint density at radius 2 is 1.36 bits per heavy atom. The molecule has 0 aliphatic heterocycles. The summed E-state index contributed by atoms with van der Waals surface area (Å²) in [6.45, 7) is 1.12. The summed E-state index contributed by atoms with van der Waals surface area (Å²) in [5.74, 6) is 0.637. The van der Waals surface area contributed by atoms with E-state index in [1.165, 1.54) is 0 Å². The number of para-hydroxylation sites is 1. The van der Waals surface area contributed by atoms with E-state index in [0.717, 1.165) is 19.3 Å². The van der Waals surface area contributed by atoms with Crippen molar-refractivity contribution in [3.8, 4) is 0 Å². The van der Waals surface area contributed by atoms with E-state index in [0.29, 0.717) is 41.9 Å². The van der Waals surface area contributed by atoms with Crippen LogP contribution in [-0.4, -0.2) is 50.6 Å². The number of carbonyl (C=O) groups excluding carboxylic acids is 2. The second kappa shape index (κ2) is 13.0. The average Bonchev–Trinajstić information content (AvgIpc) is 2.85. The van der Waals surface area contributed by atoms with Gasteiger partial charge in [-0.1, -0.05) is 6.07 Å². The number of benzene rings is 1. The van der Waals surface area contributed by atoms with Crippen molar-refractivity contribution < 1.29 is 9.59 Å². The van der Waals surface area contributed by atoms with Gasteiger partial charge in [-0.15, -0.1) is 0 Å². The molecule has 0 bridgehead atoms. The van der Waals surface area contributed by atoms with Gasteiger partial charge in [0.2, 0.25) is 17.8 Å². The van der Waals surface area contributed by atoms with Crippen LogP contribution in [0.25, 0.3) is 0 Å². The van der Waals surface area contributed by atoms with Crippen LogP contribution in [0.4, 0.5) is 23.3 Å². The molecular formula is C22H26N8O2S. The molecule has 2 heterocycles. The third-order valence-electron chi connectivity index (χ3n) is 4.53. The summed E-state index contributed by atoms with van der Waals surface area (Å²) in [7, 11) is 0. The van der Waals surface area contributed by atoms with E-state index >= 15 is 0 Å². The van der Waals surface area contributed by atoms with Crippen molar-refractivity contribution in [3.05, 3.63) is 60.7 Å². The molecular weight excluding hydrogens is 440 g/mol. The lowest BCUT2D eigenvalue weighted by Crippen LogP contribution is -2.27. The zero-order chi connectivity index (χ0) is 23.3. The van der Waals surface area contributed by atoms with Crippen LogP contribution in [0.5, 0.6) is 0 Å². The highest BCUT2D eigenvalue weighted by atomic mass is 32.1. The molecule has 11 heteroatoms. The number of rotatable bonds is 12. The fourth-order valence-electron chi connectivity index (χ4n) is 2.95. The van der Waals surface area contributed by atoms with E-state index in [4.69, 9.17) is 0 Å². The summed E-state index contributed by atoms with van der Waals surface area (Å²) in [4.78, 5) is 40.9. The molecule has 0 spiro atoms. The molecule has 172 valence electrons. The van der Waals surface area contributed by atoms with E-state index in [-0.39, 0.29) is 17.6 Å². The van der Waals surface area contributed by atoms with Gasteiger partial charge in [0.15, 0.2) is 0 Å². The first kappa shape index (κ1) is 23.9. The molecule has 0 aliphatic carbocycles. The Labute approximate surface area is 197 Å². The largest absolute Gasteiger partial charge is 0.355 e. The Balaban J connectivity index is 1.66. The van der Waals surface area contributed by atoms with E-state index in [2.05, 4.69) is 53.8 Å². The van der Waals surface area contributed by atoms with Crippen molar-refractivity contribution >= 4 is 47.7 Å². The fraction of sp³-hybridized carbons (Fsp3) is 0.273. The predicted molar refractivity (Wildman–Crippen MR) is 130 cm³/mol. The number of amides is 2. The molecule has 0 saturated heterocycles. The van der Waals surface area contributed by atoms with E-state index in [1.54, 1.807) is 49.1 Å². The smallest absolute Gasteiger partial charge is 0.253 e. The molecule has 2 amide bonds. The predicted octanol–water partition coefficient (Wildman–Crippen LogP) is 2.70. The van der Waals surface area contributed by atoms with Crippen LogP contribution < -0.4 is 21.3 Å². The monoisotopic (exact) mass is 466 g/mol. The Hall–Kier alpha value is -3.73. The van der Waals surface area contributed by atoms with Crippen molar-refractivity contribution in [2.24, 2.45) is 0 Å². The molecule has 1 aromatic carbocycles. The first-order valence-corrected chi connectivity index (χ1v) is 11.2. The van der Waals surface area contributed by atoms with Gasteiger partial charge < -0.3 is 21.3 Å². The van der Waals surface area contributed by atoms with Gasteiger partial charge in [-0.3, -0.25) is 9.59 Å². The molecule has 3 rings (SSSR count). The number of aromatic nitrogens is 4. The normalized spacial score (nSPS) is 10.3. The summed E-state index contributed by atoms with van der Waals surface area (Å²) < 4.78 is 0. The first-order chi connectivity index (χ1) is 16.2. The van der Waals surface area contributed by atoms with Gasteiger partial charge in [-0.2, -0.15) is 12.6 Å². The third kappa shape index (κ3) is 7.72. The average molecular weight is 467 g/mol. The van der Waals surface area contributed by atoms with Gasteiger partial charge >= 0.3 is 0 Å². The Morgan fingerprint density at radius 1 is 0.758 bits per heavy atom. The fourth-order valence-corrected chi connectivity index (χ4v) is 3.06. The van der Waals surface area contributed by atoms with E-state index in [9.17, 15) is 9.59 Å². The number of nitrogens with one attached hydrogen (secondary N) is 4. The zero-order valence-corrected chi connectivity index (χ0v) is 18.9. The number of hydrogen-bond acceptors (Lipinski definition) is 9. The van der Waals surface area contributed by atoms with Crippen molar-refractivity contribution in [1.29, 1.82) is 0 Å². The minimum Gasteiger partial charge on any atom is -0.355 e. The van der Waals surface area contributed by atoms with Crippen molar-refractivity contribution in [3.63, 3.8) is 0 Å². The summed E-state index contributed by atoms with van der Waals surface area (Å²) >= 11 is 3.92. The lowest BCUT2D eigenvalue weighted by atomic mass is 10.1. The standard InChI is InChI=1S/C22H26N8O2S/c31-18(15-33)23-9-2-1-3-10-24-20(32)16-7-4-8-17(29-21-25-11-5-12-26-21)19(16)30-22-27-13-6-14-28-22/h4-8,11-14,33H,1-3,9-10,15H2,(H,23,31)(H,24,32)(H,25,26,29)(H,27,28,30). The highest BCUT2D eigenvalue weighted by molar-refractivity contribution is 7.81. The van der Waals surface area contributed by atoms with Crippen LogP contribution in [0.2, 0.25) is 0 Å². The lowest BCUT2D eigenvalue weighted by Gasteiger charge is -2.16. The van der Waals surface area contributed by atoms with Crippen LogP contribution in [0, 0.1) is 0 Å². The minimum atomic E-state index is -0.227. The molecule has 0 radical (unpaired) electrons. The summed E-state index contributed by atoms with van der Waals surface area (Å²) in [5.41, 5.74) is 1.56. The van der Waals surface area contributed by atoms with Crippen LogP contribution in [-0.2, 0) is 4.79 Å². The maximum Gasteiger partial charge on any atom is 0.253 e. The van der Waals surface area contributed by atoms with Crippen LogP contribution in [0.3, 0.4) is 0 Å². The molecule has 0 saturated carbocycles. The number of thiol groups is 1. The molecule has 0 atom stereocenters. The molecule has 4 N–H and O–H groups in total. The van der Waals surface area contributed by atoms with Gasteiger partial charge in [0.05, 0.1) is 22.7 Å². The molecule has 2 aromatic heterocycles. The van der Waals surface area contributed by atoms with Gasteiger partial charge in [0.25, 0.3) is 5.91 Å². The highest BCUT2D eigenvalue weighted by Gasteiger charge is 2.16. The maximum absolute atomic E-state index is 13.0. The van der Waals surface area contributed by atoms with Crippen LogP contribution >= 0.6 is 12.6 Å². The first-order valence-electron chi connectivity index (χ1n) is 10.5. The molecule has 0 unspecified atom stereocenters. The van der Waals surface area contributed by atoms with Gasteiger partial charge in [0.1, 0.15) is 0 Å². The summed E-state index contributed by atoms with van der Waals surface area (Å²) in [5, 5.41) is 12.0.